The fraction of sp³-hybridized carbons (Fsp3) is 0.526. The number of aliphatic hydroxyl groups is 1. The van der Waals surface area contributed by atoms with Gasteiger partial charge in [-0.15, -0.1) is 0 Å². The average molecular weight is 409 g/mol. The zero-order chi connectivity index (χ0) is 20.4. The highest BCUT2D eigenvalue weighted by atomic mass is 35.5. The van der Waals surface area contributed by atoms with E-state index in [-0.39, 0.29) is 25.0 Å². The van der Waals surface area contributed by atoms with Crippen molar-refractivity contribution >= 4 is 35.0 Å². The summed E-state index contributed by atoms with van der Waals surface area (Å²) in [6.45, 7) is 3.76. The van der Waals surface area contributed by atoms with Crippen LogP contribution in [0.4, 0.5) is 5.69 Å². The molecule has 3 heterocycles. The number of halogens is 1. The zero-order valence-corrected chi connectivity index (χ0v) is 16.6. The van der Waals surface area contributed by atoms with E-state index in [9.17, 15) is 19.5 Å². The summed E-state index contributed by atoms with van der Waals surface area (Å²) in [6, 6.07) is 2.95. The molecule has 1 aromatic carbocycles. The van der Waals surface area contributed by atoms with Crippen molar-refractivity contribution in [1.82, 2.24) is 4.90 Å². The van der Waals surface area contributed by atoms with Crippen LogP contribution in [0.1, 0.15) is 18.1 Å². The Morgan fingerprint density at radius 3 is 2.71 bits per heavy atom. The summed E-state index contributed by atoms with van der Waals surface area (Å²) >= 11 is 6.35. The van der Waals surface area contributed by atoms with Crippen LogP contribution in [0.5, 0.6) is 0 Å². The van der Waals surface area contributed by atoms with Crippen molar-refractivity contribution in [2.24, 2.45) is 11.8 Å². The van der Waals surface area contributed by atoms with E-state index in [4.69, 9.17) is 16.3 Å². The lowest BCUT2D eigenvalue weighted by atomic mass is 9.76. The number of quaternary nitrogens is 1. The van der Waals surface area contributed by atoms with Crippen LogP contribution < -0.4 is 10.6 Å². The number of nitrogens with one attached hydrogen (secondary N) is 1. The van der Waals surface area contributed by atoms with Crippen LogP contribution in [0.25, 0.3) is 0 Å². The first-order valence-electron chi connectivity index (χ1n) is 9.24. The highest BCUT2D eigenvalue weighted by molar-refractivity contribution is 6.35. The number of benzene rings is 1. The minimum atomic E-state index is -1.33. The molecule has 0 saturated carbocycles. The maximum absolute atomic E-state index is 13.3. The summed E-state index contributed by atoms with van der Waals surface area (Å²) in [7, 11) is 1.49. The lowest BCUT2D eigenvalue weighted by molar-refractivity contribution is -0.738. The van der Waals surface area contributed by atoms with Gasteiger partial charge in [-0.25, -0.2) is 0 Å². The van der Waals surface area contributed by atoms with Crippen molar-refractivity contribution in [3.05, 3.63) is 28.3 Å². The zero-order valence-electron chi connectivity index (χ0n) is 15.9. The second-order valence-electron chi connectivity index (χ2n) is 7.80. The van der Waals surface area contributed by atoms with Gasteiger partial charge in [0, 0.05) is 12.7 Å². The minimum absolute atomic E-state index is 0.118. The van der Waals surface area contributed by atoms with E-state index < -0.39 is 35.4 Å². The van der Waals surface area contributed by atoms with Crippen LogP contribution in [-0.2, 0) is 24.7 Å². The van der Waals surface area contributed by atoms with Crippen molar-refractivity contribution in [3.63, 3.8) is 0 Å². The van der Waals surface area contributed by atoms with Crippen LogP contribution in [0, 0.1) is 18.8 Å². The van der Waals surface area contributed by atoms with Crippen molar-refractivity contribution in [1.29, 1.82) is 0 Å². The predicted octanol–water partition coefficient (Wildman–Crippen LogP) is -0.630. The molecule has 3 aliphatic rings. The van der Waals surface area contributed by atoms with Gasteiger partial charge in [-0.1, -0.05) is 11.6 Å². The van der Waals surface area contributed by atoms with E-state index in [1.54, 1.807) is 18.3 Å². The van der Waals surface area contributed by atoms with Gasteiger partial charge in [-0.3, -0.25) is 19.3 Å². The predicted molar refractivity (Wildman–Crippen MR) is 99.5 cm³/mol. The molecule has 1 aromatic rings. The highest BCUT2D eigenvalue weighted by Crippen LogP contribution is 2.51. The molecule has 9 heteroatoms. The van der Waals surface area contributed by atoms with E-state index in [1.807, 2.05) is 13.0 Å². The number of rotatable bonds is 4. The van der Waals surface area contributed by atoms with Crippen LogP contribution in [0.3, 0.4) is 0 Å². The molecule has 0 bridgehead atoms. The van der Waals surface area contributed by atoms with Crippen molar-refractivity contribution in [2.75, 3.05) is 25.6 Å². The van der Waals surface area contributed by atoms with Gasteiger partial charge in [0.15, 0.2) is 0 Å². The normalized spacial score (nSPS) is 32.1. The molecular formula is C19H23ClN3O5+. The molecule has 2 saturated heterocycles. The topological polar surface area (TPSA) is 113 Å². The van der Waals surface area contributed by atoms with Gasteiger partial charge in [0.05, 0.1) is 23.9 Å². The molecule has 0 radical (unpaired) electrons. The Labute approximate surface area is 167 Å². The number of carbonyl (C=O) groups is 3. The third kappa shape index (κ3) is 2.38. The molecule has 4 N–H and O–H groups in total. The number of methoxy groups -OCH3 is 1. The Balaban J connectivity index is 1.89. The molecule has 8 nitrogen and oxygen atoms in total. The Morgan fingerprint density at radius 1 is 1.36 bits per heavy atom. The van der Waals surface area contributed by atoms with E-state index in [1.165, 1.54) is 7.11 Å². The number of aryl methyl sites for hydroxylation is 1. The second-order valence-corrected chi connectivity index (χ2v) is 8.21. The number of amides is 3. The Kier molecular flexibility index (Phi) is 4.50. The number of anilines is 1. The Hall–Kier alpha value is -2.00. The number of imide groups is 1. The number of nitrogens with zero attached hydrogens (tertiary/aromatic N) is 1. The summed E-state index contributed by atoms with van der Waals surface area (Å²) < 4.78 is 5.02. The molecule has 0 aliphatic carbocycles. The Bertz CT molecular complexity index is 889. The van der Waals surface area contributed by atoms with Gasteiger partial charge in [0.1, 0.15) is 24.0 Å². The molecule has 4 rings (SSSR count). The summed E-state index contributed by atoms with van der Waals surface area (Å²) in [5.41, 5.74) is 0.578. The molecule has 0 aromatic heterocycles. The van der Waals surface area contributed by atoms with Crippen molar-refractivity contribution < 1.29 is 29.5 Å². The van der Waals surface area contributed by atoms with Gasteiger partial charge in [-0.2, -0.15) is 0 Å². The largest absolute Gasteiger partial charge is 0.387 e. The summed E-state index contributed by atoms with van der Waals surface area (Å²) in [6.07, 6.45) is -0.886. The monoisotopic (exact) mass is 408 g/mol. The molecule has 2 fully saturated rings. The van der Waals surface area contributed by atoms with Gasteiger partial charge in [-0.05, 0) is 31.5 Å². The SMILES string of the molecule is COCCN1C(=O)[C@@H]2[C@H]([C@@H](C)O)[NH2+][C@@]3(C(=O)Nc4c(Cl)cc(C)cc43)[C@@H]2C1=O. The standard InChI is InChI=1S/C19H22ClN3O5/c1-8-6-10-15(11(20)7-8)21-18(27)19(10)13-12(14(22-19)9(2)24)16(25)23(17(13)26)4-5-28-3/h6-7,9,12-14,22,24H,4-5H2,1-3H3,(H,21,27)/p+1/t9-,12+,13+,14+,19-/m1/s1. The highest BCUT2D eigenvalue weighted by Gasteiger charge is 2.75. The molecule has 0 unspecified atom stereocenters. The van der Waals surface area contributed by atoms with Gasteiger partial charge in [0.25, 0.3) is 5.91 Å². The molecule has 28 heavy (non-hydrogen) atoms. The van der Waals surface area contributed by atoms with Crippen LogP contribution in [-0.4, -0.2) is 60.1 Å². The van der Waals surface area contributed by atoms with Crippen molar-refractivity contribution in [3.8, 4) is 0 Å². The first-order chi connectivity index (χ1) is 13.2. The quantitative estimate of drug-likeness (QED) is 0.574. The molecule has 3 aliphatic heterocycles. The number of nitrogens with two attached hydrogens (primary N) is 1. The van der Waals surface area contributed by atoms with Crippen LogP contribution in [0.2, 0.25) is 5.02 Å². The number of hydrogen-bond donors (Lipinski definition) is 3. The van der Waals surface area contributed by atoms with Gasteiger partial charge in [0.2, 0.25) is 17.4 Å². The maximum Gasteiger partial charge on any atom is 0.291 e. The number of carbonyl (C=O) groups excluding carboxylic acids is 3. The van der Waals surface area contributed by atoms with Crippen molar-refractivity contribution in [2.45, 2.75) is 31.5 Å². The van der Waals surface area contributed by atoms with E-state index in [0.717, 1.165) is 10.5 Å². The second kappa shape index (κ2) is 6.52. The lowest BCUT2D eigenvalue weighted by Crippen LogP contribution is -3.00. The first kappa shape index (κ1) is 19.3. The van der Waals surface area contributed by atoms with E-state index >= 15 is 0 Å². The van der Waals surface area contributed by atoms with E-state index in [0.29, 0.717) is 16.3 Å². The van der Waals surface area contributed by atoms with E-state index in [2.05, 4.69) is 5.32 Å². The van der Waals surface area contributed by atoms with Crippen LogP contribution >= 0.6 is 11.6 Å². The lowest BCUT2D eigenvalue weighted by Gasteiger charge is -2.27. The smallest absolute Gasteiger partial charge is 0.291 e. The van der Waals surface area contributed by atoms with Gasteiger partial charge < -0.3 is 20.5 Å². The van der Waals surface area contributed by atoms with Crippen LogP contribution in [0.15, 0.2) is 12.1 Å². The molecule has 1 spiro atoms. The maximum atomic E-state index is 13.3. The van der Waals surface area contributed by atoms with Gasteiger partial charge >= 0.3 is 0 Å². The molecule has 150 valence electrons. The fourth-order valence-corrected chi connectivity index (χ4v) is 5.30. The summed E-state index contributed by atoms with van der Waals surface area (Å²) in [5.74, 6) is -2.86. The summed E-state index contributed by atoms with van der Waals surface area (Å²) in [4.78, 5) is 40.7. The molecular weight excluding hydrogens is 386 g/mol. The first-order valence-corrected chi connectivity index (χ1v) is 9.62. The third-order valence-electron chi connectivity index (χ3n) is 6.17. The third-order valence-corrected chi connectivity index (χ3v) is 6.47. The summed E-state index contributed by atoms with van der Waals surface area (Å²) in [5, 5.41) is 15.2. The molecule has 5 atom stereocenters. The number of likely N-dealkylation sites (tertiary alicyclic amines) is 1. The number of ether oxygens (including phenoxy) is 1. The number of hydrogen-bond acceptors (Lipinski definition) is 5. The average Bonchev–Trinajstić information content (AvgIpc) is 3.21. The fourth-order valence-electron chi connectivity index (χ4n) is 4.98. The minimum Gasteiger partial charge on any atom is -0.387 e. The number of aliphatic hydroxyl groups excluding tert-OH is 1. The molecule has 3 amide bonds. The number of fused-ring (bicyclic) bond motifs is 4. The Morgan fingerprint density at radius 2 is 2.07 bits per heavy atom.